The Labute approximate surface area is 97.3 Å². The van der Waals surface area contributed by atoms with E-state index in [9.17, 15) is 4.79 Å². The van der Waals surface area contributed by atoms with Crippen LogP contribution in [0.25, 0.3) is 0 Å². The number of carbonyl (C=O) groups is 1. The van der Waals surface area contributed by atoms with Crippen LogP contribution in [0.5, 0.6) is 0 Å². The van der Waals surface area contributed by atoms with Crippen molar-refractivity contribution in [3.8, 4) is 0 Å². The molecule has 0 aliphatic heterocycles. The van der Waals surface area contributed by atoms with Crippen LogP contribution in [0.15, 0.2) is 24.3 Å². The van der Waals surface area contributed by atoms with Crippen molar-refractivity contribution >= 4 is 19.3 Å². The number of carboxylic acid groups (broad SMARTS) is 1. The summed E-state index contributed by atoms with van der Waals surface area (Å²) in [4.78, 5) is 10.5. The average Bonchev–Trinajstić information content (AvgIpc) is 2.26. The van der Waals surface area contributed by atoms with E-state index in [0.717, 1.165) is 11.9 Å². The van der Waals surface area contributed by atoms with E-state index in [2.05, 4.69) is 5.32 Å². The minimum Gasteiger partial charge on any atom is -0.481 e. The lowest BCUT2D eigenvalue weighted by atomic mass is 9.93. The van der Waals surface area contributed by atoms with Crippen LogP contribution in [0, 0.1) is 0 Å². The van der Waals surface area contributed by atoms with Crippen LogP contribution in [0.3, 0.4) is 0 Å². The second-order valence-electron chi connectivity index (χ2n) is 3.86. The van der Waals surface area contributed by atoms with Crippen LogP contribution < -0.4 is 10.8 Å². The first-order chi connectivity index (χ1) is 7.61. The van der Waals surface area contributed by atoms with Gasteiger partial charge in [-0.2, -0.15) is 0 Å². The number of rotatable bonds is 6. The summed E-state index contributed by atoms with van der Waals surface area (Å²) in [6, 6.07) is 7.86. The minimum absolute atomic E-state index is 0.194. The van der Waals surface area contributed by atoms with Gasteiger partial charge in [-0.3, -0.25) is 4.79 Å². The van der Waals surface area contributed by atoms with Crippen LogP contribution in [-0.2, 0) is 11.2 Å². The van der Waals surface area contributed by atoms with Gasteiger partial charge in [0, 0.05) is 12.5 Å². The zero-order valence-corrected chi connectivity index (χ0v) is 9.44. The molecule has 1 atom stereocenters. The first kappa shape index (κ1) is 12.8. The first-order valence-corrected chi connectivity index (χ1v) is 5.35. The van der Waals surface area contributed by atoms with Crippen molar-refractivity contribution in [1.29, 1.82) is 0 Å². The van der Waals surface area contributed by atoms with Crippen LogP contribution in [0.1, 0.15) is 18.4 Å². The molecule has 0 fully saturated rings. The Morgan fingerprint density at radius 1 is 1.44 bits per heavy atom. The third-order valence-electron chi connectivity index (χ3n) is 2.58. The third kappa shape index (κ3) is 4.49. The van der Waals surface area contributed by atoms with Gasteiger partial charge in [0.15, 0.2) is 0 Å². The maximum absolute atomic E-state index is 10.5. The van der Waals surface area contributed by atoms with E-state index in [4.69, 9.17) is 13.0 Å². The predicted molar refractivity (Wildman–Crippen MR) is 65.3 cm³/mol. The number of nitrogens with one attached hydrogen (secondary N) is 1. The van der Waals surface area contributed by atoms with E-state index in [1.54, 1.807) is 0 Å². The lowest BCUT2D eigenvalue weighted by Crippen LogP contribution is -2.28. The molecule has 2 radical (unpaired) electrons. The highest BCUT2D eigenvalue weighted by molar-refractivity contribution is 6.32. The van der Waals surface area contributed by atoms with Crippen molar-refractivity contribution in [2.24, 2.45) is 0 Å². The van der Waals surface area contributed by atoms with Gasteiger partial charge in [0.1, 0.15) is 7.85 Å². The van der Waals surface area contributed by atoms with Gasteiger partial charge in [0.2, 0.25) is 0 Å². The van der Waals surface area contributed by atoms with Crippen LogP contribution in [0.2, 0.25) is 0 Å². The summed E-state index contributed by atoms with van der Waals surface area (Å²) >= 11 is 0. The Morgan fingerprint density at radius 2 is 2.06 bits per heavy atom. The van der Waals surface area contributed by atoms with Crippen molar-refractivity contribution in [2.75, 3.05) is 7.05 Å². The lowest BCUT2D eigenvalue weighted by molar-refractivity contribution is -0.137. The molecule has 1 rings (SSSR count). The quantitative estimate of drug-likeness (QED) is 0.681. The normalized spacial score (nSPS) is 12.3. The van der Waals surface area contributed by atoms with E-state index >= 15 is 0 Å². The molecule has 16 heavy (non-hydrogen) atoms. The van der Waals surface area contributed by atoms with Gasteiger partial charge >= 0.3 is 5.97 Å². The molecule has 0 saturated carbocycles. The van der Waals surface area contributed by atoms with E-state index in [1.807, 2.05) is 31.3 Å². The monoisotopic (exact) mass is 217 g/mol. The fraction of sp³-hybridized carbons (Fsp3) is 0.417. The van der Waals surface area contributed by atoms with Crippen molar-refractivity contribution in [3.05, 3.63) is 29.8 Å². The minimum atomic E-state index is -0.752. The molecule has 2 N–H and O–H groups in total. The van der Waals surface area contributed by atoms with Gasteiger partial charge in [-0.05, 0) is 25.5 Å². The number of aliphatic carboxylic acids is 1. The van der Waals surface area contributed by atoms with Crippen molar-refractivity contribution in [1.82, 2.24) is 5.32 Å². The highest BCUT2D eigenvalue weighted by Crippen LogP contribution is 2.06. The molecule has 1 unspecified atom stereocenters. The second-order valence-corrected chi connectivity index (χ2v) is 3.86. The molecule has 0 bridgehead atoms. The number of carboxylic acids is 1. The highest BCUT2D eigenvalue weighted by Gasteiger charge is 2.09. The molecule has 1 aromatic carbocycles. The fourth-order valence-corrected chi connectivity index (χ4v) is 1.58. The molecule has 0 saturated heterocycles. The molecule has 0 spiro atoms. The van der Waals surface area contributed by atoms with Gasteiger partial charge in [-0.15, -0.1) is 0 Å². The third-order valence-corrected chi connectivity index (χ3v) is 2.58. The van der Waals surface area contributed by atoms with Crippen LogP contribution >= 0.6 is 0 Å². The largest absolute Gasteiger partial charge is 0.481 e. The van der Waals surface area contributed by atoms with E-state index in [0.29, 0.717) is 6.42 Å². The Kier molecular flexibility index (Phi) is 5.06. The SMILES string of the molecule is [B]c1ccc(CC(CCC(=O)O)NC)cc1. The standard InChI is InChI=1S/C12H16BNO2/c1-14-11(6-7-12(15)16)8-9-2-4-10(13)5-3-9/h2-5,11,14H,6-8H2,1H3,(H,15,16). The van der Waals surface area contributed by atoms with Gasteiger partial charge in [-0.25, -0.2) is 0 Å². The summed E-state index contributed by atoms with van der Waals surface area (Å²) in [7, 11) is 7.45. The molecule has 1 aromatic rings. The van der Waals surface area contributed by atoms with E-state index in [1.165, 1.54) is 5.56 Å². The molecule has 0 aromatic heterocycles. The molecule has 3 nitrogen and oxygen atoms in total. The number of benzene rings is 1. The van der Waals surface area contributed by atoms with Crippen molar-refractivity contribution < 1.29 is 9.90 Å². The molecular formula is C12H16BNO2. The smallest absolute Gasteiger partial charge is 0.303 e. The van der Waals surface area contributed by atoms with E-state index < -0.39 is 5.97 Å². The summed E-state index contributed by atoms with van der Waals surface area (Å²) in [5.74, 6) is -0.752. The molecule has 4 heteroatoms. The van der Waals surface area contributed by atoms with Gasteiger partial charge < -0.3 is 10.4 Å². The van der Waals surface area contributed by atoms with Crippen LogP contribution in [0.4, 0.5) is 0 Å². The van der Waals surface area contributed by atoms with Gasteiger partial charge in [0.05, 0.1) is 0 Å². The summed E-state index contributed by atoms with van der Waals surface area (Å²) in [5.41, 5.74) is 1.91. The molecule has 0 amide bonds. The number of likely N-dealkylation sites (N-methyl/N-ethyl adjacent to an activating group) is 1. The summed E-state index contributed by atoms with van der Waals surface area (Å²) in [5, 5.41) is 11.7. The second kappa shape index (κ2) is 6.33. The van der Waals surface area contributed by atoms with Gasteiger partial charge in [0.25, 0.3) is 0 Å². The molecule has 0 aliphatic carbocycles. The zero-order chi connectivity index (χ0) is 12.0. The zero-order valence-electron chi connectivity index (χ0n) is 9.44. The average molecular weight is 217 g/mol. The maximum atomic E-state index is 10.5. The van der Waals surface area contributed by atoms with E-state index in [-0.39, 0.29) is 12.5 Å². The Balaban J connectivity index is 2.49. The summed E-state index contributed by atoms with van der Waals surface area (Å²) < 4.78 is 0. The summed E-state index contributed by atoms with van der Waals surface area (Å²) in [6.45, 7) is 0. The van der Waals surface area contributed by atoms with Crippen molar-refractivity contribution in [3.63, 3.8) is 0 Å². The highest BCUT2D eigenvalue weighted by atomic mass is 16.4. The maximum Gasteiger partial charge on any atom is 0.303 e. The number of hydrogen-bond acceptors (Lipinski definition) is 2. The van der Waals surface area contributed by atoms with Gasteiger partial charge in [-0.1, -0.05) is 29.7 Å². The topological polar surface area (TPSA) is 49.3 Å². The molecular weight excluding hydrogens is 201 g/mol. The molecule has 0 heterocycles. The number of hydrogen-bond donors (Lipinski definition) is 2. The predicted octanol–water partition coefficient (Wildman–Crippen LogP) is 0.476. The van der Waals surface area contributed by atoms with Crippen molar-refractivity contribution in [2.45, 2.75) is 25.3 Å². The Hall–Kier alpha value is -1.29. The molecule has 0 aliphatic rings. The Morgan fingerprint density at radius 3 is 2.56 bits per heavy atom. The fourth-order valence-electron chi connectivity index (χ4n) is 1.58. The first-order valence-electron chi connectivity index (χ1n) is 5.35. The summed E-state index contributed by atoms with van der Waals surface area (Å²) in [6.07, 6.45) is 1.65. The molecule has 84 valence electrons. The van der Waals surface area contributed by atoms with Crippen LogP contribution in [-0.4, -0.2) is 32.0 Å². The lowest BCUT2D eigenvalue weighted by Gasteiger charge is -2.15. The Bertz CT molecular complexity index is 337.